The highest BCUT2D eigenvalue weighted by atomic mass is 35.5. The monoisotopic (exact) mass is 657 g/mol. The molecule has 4 nitrogen and oxygen atoms in total. The van der Waals surface area contributed by atoms with Crippen molar-refractivity contribution in [1.29, 1.82) is 0 Å². The van der Waals surface area contributed by atoms with E-state index in [1.54, 1.807) is 23.5 Å². The molecular formula is C28H23Cl4NO3S3. The van der Waals surface area contributed by atoms with Gasteiger partial charge in [0.15, 0.2) is 0 Å². The minimum Gasteiger partial charge on any atom is -0.481 e. The van der Waals surface area contributed by atoms with Crippen LogP contribution in [0.5, 0.6) is 0 Å². The predicted molar refractivity (Wildman–Crippen MR) is 168 cm³/mol. The van der Waals surface area contributed by atoms with Crippen LogP contribution in [0.4, 0.5) is 0 Å². The van der Waals surface area contributed by atoms with Gasteiger partial charge in [-0.25, -0.2) is 0 Å². The number of carboxylic acids is 1. The molecule has 3 heterocycles. The molecule has 204 valence electrons. The summed E-state index contributed by atoms with van der Waals surface area (Å²) in [4.78, 5) is 28.8. The van der Waals surface area contributed by atoms with E-state index >= 15 is 0 Å². The molecule has 39 heavy (non-hydrogen) atoms. The van der Waals surface area contributed by atoms with E-state index in [1.165, 1.54) is 11.3 Å². The molecule has 1 aliphatic heterocycles. The minimum absolute atomic E-state index is 0.0406. The van der Waals surface area contributed by atoms with E-state index in [0.29, 0.717) is 26.5 Å². The zero-order chi connectivity index (χ0) is 27.9. The van der Waals surface area contributed by atoms with Crippen LogP contribution in [0.3, 0.4) is 0 Å². The highest BCUT2D eigenvalue weighted by Crippen LogP contribution is 2.34. The second-order valence-electron chi connectivity index (χ2n) is 8.59. The lowest BCUT2D eigenvalue weighted by Gasteiger charge is -2.26. The average molecular weight is 660 g/mol. The summed E-state index contributed by atoms with van der Waals surface area (Å²) < 4.78 is 0. The van der Waals surface area contributed by atoms with Crippen molar-refractivity contribution in [1.82, 2.24) is 4.90 Å². The zero-order valence-corrected chi connectivity index (χ0v) is 25.9. The number of aliphatic carboxylic acids is 1. The van der Waals surface area contributed by atoms with Crippen LogP contribution in [0.1, 0.15) is 9.75 Å². The number of amides is 1. The molecule has 1 amide bonds. The molecular weight excluding hydrogens is 636 g/mol. The lowest BCUT2D eigenvalue weighted by atomic mass is 10.2. The number of thiophene rings is 2. The van der Waals surface area contributed by atoms with Gasteiger partial charge in [-0.1, -0.05) is 46.4 Å². The number of rotatable bonds is 6. The Bertz CT molecular complexity index is 1420. The molecule has 0 aliphatic carbocycles. The fourth-order valence-corrected chi connectivity index (χ4v) is 7.80. The Balaban J connectivity index is 0.000000187. The molecule has 2 aromatic carbocycles. The first kappa shape index (κ1) is 30.3. The Hall–Kier alpha value is -1.71. The maximum absolute atomic E-state index is 12.3. The SMILES string of the molecule is O=C(Cc1ccc(-c2cc(Cl)cc(Cl)c2)s1)N1CCSCC1.O=C(O)Cc1ccc(-c2cc(Cl)cc(Cl)c2)s1. The quantitative estimate of drug-likeness (QED) is 0.224. The first-order valence-electron chi connectivity index (χ1n) is 11.8. The summed E-state index contributed by atoms with van der Waals surface area (Å²) in [6.07, 6.45) is 0.516. The molecule has 4 aromatic rings. The molecule has 0 unspecified atom stereocenters. The van der Waals surface area contributed by atoms with Gasteiger partial charge in [-0.15, -0.1) is 22.7 Å². The largest absolute Gasteiger partial charge is 0.481 e. The van der Waals surface area contributed by atoms with Crippen LogP contribution in [0.15, 0.2) is 60.7 Å². The van der Waals surface area contributed by atoms with Crippen LogP contribution in [0.2, 0.25) is 20.1 Å². The van der Waals surface area contributed by atoms with Crippen molar-refractivity contribution in [2.75, 3.05) is 24.6 Å². The lowest BCUT2D eigenvalue weighted by molar-refractivity contribution is -0.136. The number of hydrogen-bond donors (Lipinski definition) is 1. The van der Waals surface area contributed by atoms with Crippen molar-refractivity contribution >= 4 is 92.7 Å². The number of hydrogen-bond acceptors (Lipinski definition) is 5. The molecule has 0 bridgehead atoms. The molecule has 11 heteroatoms. The summed E-state index contributed by atoms with van der Waals surface area (Å²) >= 11 is 28.9. The molecule has 0 atom stereocenters. The second-order valence-corrected chi connectivity index (χ2v) is 13.9. The number of carbonyl (C=O) groups is 2. The van der Waals surface area contributed by atoms with E-state index in [4.69, 9.17) is 51.5 Å². The molecule has 2 aromatic heterocycles. The lowest BCUT2D eigenvalue weighted by Crippen LogP contribution is -2.38. The smallest absolute Gasteiger partial charge is 0.308 e. The van der Waals surface area contributed by atoms with E-state index in [1.807, 2.05) is 65.2 Å². The van der Waals surface area contributed by atoms with Crippen LogP contribution in [0.25, 0.3) is 20.9 Å². The predicted octanol–water partition coefficient (Wildman–Crippen LogP) is 9.19. The summed E-state index contributed by atoms with van der Waals surface area (Å²) in [5.74, 6) is 1.48. The Kier molecular flexibility index (Phi) is 11.1. The molecule has 0 radical (unpaired) electrons. The van der Waals surface area contributed by atoms with Crippen LogP contribution in [-0.4, -0.2) is 46.5 Å². The third kappa shape index (κ3) is 9.15. The third-order valence-electron chi connectivity index (χ3n) is 5.63. The Morgan fingerprint density at radius 2 is 1.13 bits per heavy atom. The topological polar surface area (TPSA) is 57.6 Å². The van der Waals surface area contributed by atoms with Gasteiger partial charge >= 0.3 is 5.97 Å². The fourth-order valence-electron chi connectivity index (χ4n) is 3.87. The summed E-state index contributed by atoms with van der Waals surface area (Å²) in [7, 11) is 0. The van der Waals surface area contributed by atoms with Crippen molar-refractivity contribution in [2.45, 2.75) is 12.8 Å². The van der Waals surface area contributed by atoms with Gasteiger partial charge in [0.25, 0.3) is 0 Å². The van der Waals surface area contributed by atoms with Crippen molar-refractivity contribution in [3.63, 3.8) is 0 Å². The van der Waals surface area contributed by atoms with E-state index in [-0.39, 0.29) is 12.3 Å². The van der Waals surface area contributed by atoms with Gasteiger partial charge < -0.3 is 10.0 Å². The Morgan fingerprint density at radius 1 is 0.692 bits per heavy atom. The van der Waals surface area contributed by atoms with Gasteiger partial charge in [-0.3, -0.25) is 9.59 Å². The van der Waals surface area contributed by atoms with Gasteiger partial charge in [-0.2, -0.15) is 11.8 Å². The average Bonchev–Trinajstić information content (AvgIpc) is 3.53. The molecule has 1 N–H and O–H groups in total. The maximum Gasteiger partial charge on any atom is 0.308 e. The van der Waals surface area contributed by atoms with Crippen LogP contribution in [-0.2, 0) is 22.4 Å². The van der Waals surface area contributed by atoms with Crippen LogP contribution >= 0.6 is 80.8 Å². The molecule has 1 saturated heterocycles. The summed E-state index contributed by atoms with van der Waals surface area (Å²) in [6, 6.07) is 18.5. The number of carbonyl (C=O) groups excluding carboxylic acids is 1. The van der Waals surface area contributed by atoms with E-state index in [0.717, 1.165) is 55.2 Å². The third-order valence-corrected chi connectivity index (χ3v) is 9.72. The highest BCUT2D eigenvalue weighted by molar-refractivity contribution is 7.99. The van der Waals surface area contributed by atoms with Gasteiger partial charge in [0.05, 0.1) is 12.8 Å². The standard InChI is InChI=1S/C16H15Cl2NOS2.C12H8Cl2O2S/c17-12-7-11(8-13(18)9-12)15-2-1-14(22-15)10-16(20)19-3-5-21-6-4-19;13-8-3-7(4-9(14)5-8)11-2-1-10(17-11)6-12(15)16/h1-2,7-9H,3-6,10H2;1-5H,6H2,(H,15,16). The molecule has 1 fully saturated rings. The van der Waals surface area contributed by atoms with Gasteiger partial charge in [0.1, 0.15) is 0 Å². The van der Waals surface area contributed by atoms with E-state index in [9.17, 15) is 9.59 Å². The van der Waals surface area contributed by atoms with Gasteiger partial charge in [0, 0.05) is 64.2 Å². The first-order valence-corrected chi connectivity index (χ1v) is 16.1. The molecule has 1 aliphatic rings. The first-order chi connectivity index (χ1) is 18.7. The minimum atomic E-state index is -0.831. The summed E-state index contributed by atoms with van der Waals surface area (Å²) in [5.41, 5.74) is 1.90. The van der Waals surface area contributed by atoms with E-state index < -0.39 is 5.97 Å². The zero-order valence-electron chi connectivity index (χ0n) is 20.5. The number of benzene rings is 2. The highest BCUT2D eigenvalue weighted by Gasteiger charge is 2.18. The molecule has 0 spiro atoms. The Morgan fingerprint density at radius 3 is 1.56 bits per heavy atom. The number of thioether (sulfide) groups is 1. The summed E-state index contributed by atoms with van der Waals surface area (Å²) in [6.45, 7) is 1.73. The van der Waals surface area contributed by atoms with Crippen LogP contribution < -0.4 is 0 Å². The summed E-state index contributed by atoms with van der Waals surface area (Å²) in [5, 5.41) is 11.1. The van der Waals surface area contributed by atoms with Crippen molar-refractivity contribution in [2.24, 2.45) is 0 Å². The van der Waals surface area contributed by atoms with Crippen molar-refractivity contribution < 1.29 is 14.7 Å². The number of halogens is 4. The second kappa shape index (κ2) is 14.3. The number of nitrogens with zero attached hydrogens (tertiary/aromatic N) is 1. The van der Waals surface area contributed by atoms with Crippen molar-refractivity contribution in [3.05, 3.63) is 90.5 Å². The fraction of sp³-hybridized carbons (Fsp3) is 0.214. The van der Waals surface area contributed by atoms with Crippen molar-refractivity contribution in [3.8, 4) is 20.9 Å². The van der Waals surface area contributed by atoms with Gasteiger partial charge in [-0.05, 0) is 71.8 Å². The maximum atomic E-state index is 12.3. The normalized spacial score (nSPS) is 13.1. The Labute approximate surface area is 259 Å². The molecule has 5 rings (SSSR count). The van der Waals surface area contributed by atoms with Gasteiger partial charge in [0.2, 0.25) is 5.91 Å². The number of carboxylic acid groups (broad SMARTS) is 1. The van der Waals surface area contributed by atoms with E-state index in [2.05, 4.69) is 0 Å². The van der Waals surface area contributed by atoms with Crippen LogP contribution in [0, 0.1) is 0 Å². The molecule has 0 saturated carbocycles.